The van der Waals surface area contributed by atoms with Crippen LogP contribution in [0.2, 0.25) is 5.02 Å². The minimum Gasteiger partial charge on any atom is -0.384 e. The van der Waals surface area contributed by atoms with Crippen LogP contribution in [0, 0.1) is 13.8 Å². The molecule has 0 saturated carbocycles. The van der Waals surface area contributed by atoms with E-state index in [-0.39, 0.29) is 48.1 Å². The number of halogens is 1. The summed E-state index contributed by atoms with van der Waals surface area (Å²) in [5.41, 5.74) is 2.20. The molecule has 2 aliphatic heterocycles. The van der Waals surface area contributed by atoms with Crippen LogP contribution in [0.3, 0.4) is 0 Å². The number of para-hydroxylation sites is 1. The first-order valence-corrected chi connectivity index (χ1v) is 19.2. The van der Waals surface area contributed by atoms with Crippen molar-refractivity contribution in [2.24, 2.45) is 0 Å². The lowest BCUT2D eigenvalue weighted by molar-refractivity contribution is -0.131. The molecule has 0 spiro atoms. The second-order valence-electron chi connectivity index (χ2n) is 13.2. The second-order valence-corrected chi connectivity index (χ2v) is 14.7. The summed E-state index contributed by atoms with van der Waals surface area (Å²) in [6.07, 6.45) is 2.78. The van der Waals surface area contributed by atoms with Crippen molar-refractivity contribution < 1.29 is 28.8 Å². The van der Waals surface area contributed by atoms with Crippen LogP contribution in [0.5, 0.6) is 0 Å². The Hall–Kier alpha value is -5.94. The molecule has 0 radical (unpaired) electrons. The van der Waals surface area contributed by atoms with Crippen LogP contribution >= 0.6 is 22.9 Å². The maximum absolute atomic E-state index is 13.3. The van der Waals surface area contributed by atoms with Gasteiger partial charge in [-0.1, -0.05) is 41.1 Å². The van der Waals surface area contributed by atoms with Crippen molar-refractivity contribution >= 4 is 86.9 Å². The summed E-state index contributed by atoms with van der Waals surface area (Å²) in [6.45, 7) is 6.17. The fraction of sp³-hybridized carbons (Fsp3) is 0.342. The van der Waals surface area contributed by atoms with E-state index in [1.54, 1.807) is 25.1 Å². The number of thiazole rings is 1. The molecular weight excluding hydrogens is 760 g/mol. The van der Waals surface area contributed by atoms with Gasteiger partial charge in [0.1, 0.15) is 28.6 Å². The molecule has 2 aliphatic rings. The van der Waals surface area contributed by atoms with Crippen molar-refractivity contribution in [1.82, 2.24) is 30.1 Å². The number of nitrogens with zero attached hydrogens (tertiary/aromatic N) is 6. The minimum atomic E-state index is -1.06. The molecule has 0 bridgehead atoms. The Balaban J connectivity index is 0.977. The average Bonchev–Trinajstić information content (AvgIpc) is 3.76. The van der Waals surface area contributed by atoms with Crippen LogP contribution in [0.25, 0.3) is 0 Å². The highest BCUT2D eigenvalue weighted by Gasteiger charge is 2.41. The lowest BCUT2D eigenvalue weighted by atomic mass is 10.1. The number of rotatable bonds is 15. The van der Waals surface area contributed by atoms with E-state index >= 15 is 0 Å². The molecule has 6 rings (SSSR count). The van der Waals surface area contributed by atoms with Gasteiger partial charge in [0.15, 0.2) is 5.13 Å². The van der Waals surface area contributed by atoms with Gasteiger partial charge in [-0.15, -0.1) is 0 Å². The van der Waals surface area contributed by atoms with E-state index in [4.69, 9.17) is 11.6 Å². The normalized spacial score (nSPS) is 14.3. The number of aryl methyl sites for hydroxylation is 2. The van der Waals surface area contributed by atoms with Crippen molar-refractivity contribution in [2.45, 2.75) is 45.6 Å². The summed E-state index contributed by atoms with van der Waals surface area (Å²) in [5, 5.41) is 12.6. The monoisotopic (exact) mass is 800 g/mol. The van der Waals surface area contributed by atoms with Crippen LogP contribution in [-0.4, -0.2) is 106 Å². The Morgan fingerprint density at radius 3 is 2.50 bits per heavy atom. The molecule has 56 heavy (non-hydrogen) atoms. The molecule has 4 aromatic rings. The SMILES string of the molecule is CNC(=O)CCC(C=O)N1C(=O)c2cccc(NCCCC(=O)N3CCN(c4cc(Nc5ncc(C(=O)Nc6c(C)cccc6Cl)s5)nc(C)n4)CC3)c2C1=O. The topological polar surface area (TPSA) is 199 Å². The molecule has 4 heterocycles. The Morgan fingerprint density at radius 2 is 1.77 bits per heavy atom. The summed E-state index contributed by atoms with van der Waals surface area (Å²) in [4.78, 5) is 94.7. The number of hydrogen-bond acceptors (Lipinski definition) is 13. The number of nitrogens with one attached hydrogen (secondary N) is 4. The zero-order valence-electron chi connectivity index (χ0n) is 31.1. The zero-order valence-corrected chi connectivity index (χ0v) is 32.6. The molecule has 5 amide bonds. The highest BCUT2D eigenvalue weighted by atomic mass is 35.5. The standard InChI is InChI=1S/C38H41ClN10O6S/c1-22-7-4-9-26(39)34(22)46-35(53)28-20-42-38(56-28)45-29-19-30(44-23(2)43-29)47-15-17-48(18-16-47)32(52)11-6-14-41-27-10-5-8-25-33(27)37(55)49(36(25)54)24(21-50)12-13-31(51)40-3/h4-5,7-10,19-21,24,41H,6,11-18H2,1-3H3,(H,40,51)(H,46,53)(H,42,43,44,45). The largest absolute Gasteiger partial charge is 0.384 e. The first kappa shape index (κ1) is 39.7. The van der Waals surface area contributed by atoms with E-state index in [0.717, 1.165) is 10.5 Å². The van der Waals surface area contributed by atoms with Crippen LogP contribution < -0.4 is 26.2 Å². The Bertz CT molecular complexity index is 2150. The van der Waals surface area contributed by atoms with Gasteiger partial charge in [-0.2, -0.15) is 0 Å². The third-order valence-electron chi connectivity index (χ3n) is 9.47. The summed E-state index contributed by atoms with van der Waals surface area (Å²) >= 11 is 7.46. The minimum absolute atomic E-state index is 0.00152. The second kappa shape index (κ2) is 17.7. The number of imide groups is 1. The van der Waals surface area contributed by atoms with Crippen LogP contribution in [-0.2, 0) is 14.4 Å². The first-order valence-electron chi connectivity index (χ1n) is 18.1. The Kier molecular flexibility index (Phi) is 12.5. The quantitative estimate of drug-likeness (QED) is 0.0751. The van der Waals surface area contributed by atoms with Crippen LogP contribution in [0.4, 0.5) is 28.1 Å². The number of carbonyl (C=O) groups excluding carboxylic acids is 6. The van der Waals surface area contributed by atoms with E-state index in [1.807, 2.05) is 30.0 Å². The van der Waals surface area contributed by atoms with Gasteiger partial charge < -0.3 is 35.9 Å². The van der Waals surface area contributed by atoms with E-state index in [9.17, 15) is 28.8 Å². The maximum atomic E-state index is 13.3. The molecule has 18 heteroatoms. The first-order chi connectivity index (χ1) is 27.0. The fourth-order valence-electron chi connectivity index (χ4n) is 6.51. The Morgan fingerprint density at radius 1 is 1.00 bits per heavy atom. The Labute approximate surface area is 332 Å². The number of hydrogen-bond donors (Lipinski definition) is 4. The fourth-order valence-corrected chi connectivity index (χ4v) is 7.50. The highest BCUT2D eigenvalue weighted by Crippen LogP contribution is 2.32. The predicted octanol–water partition coefficient (Wildman–Crippen LogP) is 4.43. The van der Waals surface area contributed by atoms with E-state index < -0.39 is 17.9 Å². The van der Waals surface area contributed by atoms with Gasteiger partial charge in [0.25, 0.3) is 17.7 Å². The van der Waals surface area contributed by atoms with Gasteiger partial charge in [0, 0.05) is 64.4 Å². The number of piperazine rings is 1. The van der Waals surface area contributed by atoms with Crippen molar-refractivity contribution in [1.29, 1.82) is 0 Å². The molecule has 1 unspecified atom stereocenters. The molecule has 2 aromatic carbocycles. The molecule has 4 N–H and O–H groups in total. The predicted molar refractivity (Wildman–Crippen MR) is 213 cm³/mol. The molecule has 16 nitrogen and oxygen atoms in total. The lowest BCUT2D eigenvalue weighted by Gasteiger charge is -2.35. The third kappa shape index (κ3) is 8.95. The number of aldehydes is 1. The van der Waals surface area contributed by atoms with Gasteiger partial charge in [0.2, 0.25) is 11.8 Å². The number of carbonyl (C=O) groups is 6. The van der Waals surface area contributed by atoms with Gasteiger partial charge in [-0.3, -0.25) is 28.9 Å². The van der Waals surface area contributed by atoms with Gasteiger partial charge >= 0.3 is 0 Å². The summed E-state index contributed by atoms with van der Waals surface area (Å²) in [7, 11) is 1.47. The maximum Gasteiger partial charge on any atom is 0.267 e. The number of amides is 5. The molecule has 1 atom stereocenters. The lowest BCUT2D eigenvalue weighted by Crippen LogP contribution is -2.49. The summed E-state index contributed by atoms with van der Waals surface area (Å²) < 4.78 is 0. The van der Waals surface area contributed by atoms with Gasteiger partial charge in [0.05, 0.1) is 34.1 Å². The van der Waals surface area contributed by atoms with Crippen LogP contribution in [0.1, 0.15) is 67.5 Å². The summed E-state index contributed by atoms with van der Waals surface area (Å²) in [6, 6.07) is 11.0. The van der Waals surface area contributed by atoms with E-state index in [1.165, 1.54) is 30.6 Å². The van der Waals surface area contributed by atoms with Crippen molar-refractivity contribution in [3.05, 3.63) is 81.1 Å². The molecule has 1 fully saturated rings. The van der Waals surface area contributed by atoms with Crippen molar-refractivity contribution in [2.75, 3.05) is 60.6 Å². The summed E-state index contributed by atoms with van der Waals surface area (Å²) in [5.74, 6) is -0.0243. The number of benzene rings is 2. The zero-order chi connectivity index (χ0) is 39.9. The molecule has 1 saturated heterocycles. The molecule has 2 aromatic heterocycles. The number of aromatic nitrogens is 3. The number of anilines is 5. The average molecular weight is 801 g/mol. The van der Waals surface area contributed by atoms with E-state index in [0.29, 0.717) is 89.3 Å². The molecule has 292 valence electrons. The van der Waals surface area contributed by atoms with E-state index in [2.05, 4.69) is 41.1 Å². The molecular formula is C38H41ClN10O6S. The highest BCUT2D eigenvalue weighted by molar-refractivity contribution is 7.17. The van der Waals surface area contributed by atoms with Crippen LogP contribution in [0.15, 0.2) is 48.7 Å². The van der Waals surface area contributed by atoms with Gasteiger partial charge in [-0.05, 0) is 50.5 Å². The van der Waals surface area contributed by atoms with Crippen molar-refractivity contribution in [3.8, 4) is 0 Å². The van der Waals surface area contributed by atoms with Crippen molar-refractivity contribution in [3.63, 3.8) is 0 Å². The molecule has 0 aliphatic carbocycles. The third-order valence-corrected chi connectivity index (χ3v) is 10.7. The number of fused-ring (bicyclic) bond motifs is 1. The van der Waals surface area contributed by atoms with Gasteiger partial charge in [-0.25, -0.2) is 15.0 Å². The smallest absolute Gasteiger partial charge is 0.267 e.